The molecule has 0 aliphatic heterocycles. The van der Waals surface area contributed by atoms with Crippen molar-refractivity contribution in [1.29, 1.82) is 0 Å². The Labute approximate surface area is 107 Å². The molecule has 2 aromatic rings. The van der Waals surface area contributed by atoms with E-state index in [1.165, 1.54) is 6.26 Å². The van der Waals surface area contributed by atoms with Crippen molar-refractivity contribution in [1.82, 2.24) is 0 Å². The summed E-state index contributed by atoms with van der Waals surface area (Å²) in [7, 11) is 0. The number of esters is 1. The average molecular weight is 238 g/mol. The predicted octanol–water partition coefficient (Wildman–Crippen LogP) is 3.51. The van der Waals surface area contributed by atoms with Crippen LogP contribution in [-0.2, 0) is 9.53 Å². The lowest BCUT2D eigenvalue weighted by atomic mass is 9.91. The van der Waals surface area contributed by atoms with Gasteiger partial charge in [0.15, 0.2) is 0 Å². The lowest BCUT2D eigenvalue weighted by Crippen LogP contribution is -2.15. The summed E-state index contributed by atoms with van der Waals surface area (Å²) < 4.78 is 4.94. The van der Waals surface area contributed by atoms with E-state index in [0.717, 1.165) is 11.1 Å². The molecule has 0 fully saturated rings. The van der Waals surface area contributed by atoms with Crippen molar-refractivity contribution in [3.8, 4) is 0 Å². The van der Waals surface area contributed by atoms with Crippen LogP contribution in [0, 0.1) is 0 Å². The van der Waals surface area contributed by atoms with Crippen LogP contribution in [0.3, 0.4) is 0 Å². The van der Waals surface area contributed by atoms with Crippen LogP contribution in [0.5, 0.6) is 0 Å². The minimum Gasteiger partial charge on any atom is -0.434 e. The van der Waals surface area contributed by atoms with E-state index in [1.54, 1.807) is 0 Å². The molecule has 2 heteroatoms. The summed E-state index contributed by atoms with van der Waals surface area (Å²) in [6.07, 6.45) is 1.17. The van der Waals surface area contributed by atoms with Gasteiger partial charge in [-0.25, -0.2) is 0 Å². The highest BCUT2D eigenvalue weighted by Crippen LogP contribution is 2.25. The smallest absolute Gasteiger partial charge is 0.322 e. The molecule has 0 amide bonds. The Morgan fingerprint density at radius 3 is 1.78 bits per heavy atom. The zero-order valence-electron chi connectivity index (χ0n) is 9.95. The number of carbonyl (C=O) groups is 1. The molecule has 0 heterocycles. The summed E-state index contributed by atoms with van der Waals surface area (Å²) in [5.41, 5.74) is 1.83. The quantitative estimate of drug-likeness (QED) is 0.602. The fourth-order valence-corrected chi connectivity index (χ4v) is 1.91. The lowest BCUT2D eigenvalue weighted by Gasteiger charge is -2.15. The largest absolute Gasteiger partial charge is 0.434 e. The van der Waals surface area contributed by atoms with Crippen LogP contribution < -0.4 is 0 Å². The van der Waals surface area contributed by atoms with Gasteiger partial charge in [-0.15, -0.1) is 0 Å². The number of carbonyl (C=O) groups excluding carboxylic acids is 1. The second-order valence-electron chi connectivity index (χ2n) is 3.86. The van der Waals surface area contributed by atoms with Crippen molar-refractivity contribution in [3.63, 3.8) is 0 Å². The fourth-order valence-electron chi connectivity index (χ4n) is 1.91. The van der Waals surface area contributed by atoms with Gasteiger partial charge in [0.1, 0.15) is 5.92 Å². The van der Waals surface area contributed by atoms with Crippen molar-refractivity contribution in [3.05, 3.63) is 84.6 Å². The van der Waals surface area contributed by atoms with Gasteiger partial charge in [0.05, 0.1) is 6.26 Å². The van der Waals surface area contributed by atoms with E-state index in [-0.39, 0.29) is 5.97 Å². The standard InChI is InChI=1S/C16H14O2/c1-2-18-16(17)15(13-9-5-3-6-10-13)14-11-7-4-8-12-14/h2-12,15H,1H2. The van der Waals surface area contributed by atoms with E-state index in [4.69, 9.17) is 4.74 Å². The molecule has 0 bridgehead atoms. The van der Waals surface area contributed by atoms with E-state index < -0.39 is 5.92 Å². The normalized spacial score (nSPS) is 10.1. The summed E-state index contributed by atoms with van der Waals surface area (Å²) in [6, 6.07) is 19.2. The van der Waals surface area contributed by atoms with Gasteiger partial charge < -0.3 is 4.74 Å². The average Bonchev–Trinajstić information content (AvgIpc) is 2.42. The Morgan fingerprint density at radius 2 is 1.39 bits per heavy atom. The number of benzene rings is 2. The minimum atomic E-state index is -0.412. The molecule has 0 saturated carbocycles. The molecular weight excluding hydrogens is 224 g/mol. The van der Waals surface area contributed by atoms with E-state index in [2.05, 4.69) is 6.58 Å². The van der Waals surface area contributed by atoms with Gasteiger partial charge in [-0.1, -0.05) is 67.2 Å². The van der Waals surface area contributed by atoms with Crippen LogP contribution in [-0.4, -0.2) is 5.97 Å². The maximum atomic E-state index is 12.1. The van der Waals surface area contributed by atoms with Crippen molar-refractivity contribution in [2.45, 2.75) is 5.92 Å². The van der Waals surface area contributed by atoms with Gasteiger partial charge in [0.25, 0.3) is 0 Å². The molecule has 0 atom stereocenters. The van der Waals surface area contributed by atoms with Crippen LogP contribution in [0.25, 0.3) is 0 Å². The molecule has 90 valence electrons. The predicted molar refractivity (Wildman–Crippen MR) is 71.0 cm³/mol. The Morgan fingerprint density at radius 1 is 0.944 bits per heavy atom. The monoisotopic (exact) mass is 238 g/mol. The molecule has 0 saturated heterocycles. The molecular formula is C16H14O2. The highest BCUT2D eigenvalue weighted by Gasteiger charge is 2.23. The molecule has 18 heavy (non-hydrogen) atoms. The van der Waals surface area contributed by atoms with Gasteiger partial charge in [-0.2, -0.15) is 0 Å². The first-order valence-corrected chi connectivity index (χ1v) is 5.74. The van der Waals surface area contributed by atoms with Crippen molar-refractivity contribution in [2.24, 2.45) is 0 Å². The molecule has 0 aliphatic rings. The van der Waals surface area contributed by atoms with Gasteiger partial charge in [-0.05, 0) is 11.1 Å². The number of hydrogen-bond acceptors (Lipinski definition) is 2. The van der Waals surface area contributed by atoms with Crippen molar-refractivity contribution in [2.75, 3.05) is 0 Å². The number of ether oxygens (including phenoxy) is 1. The van der Waals surface area contributed by atoms with Crippen molar-refractivity contribution >= 4 is 5.97 Å². The lowest BCUT2D eigenvalue weighted by molar-refractivity contribution is -0.138. The highest BCUT2D eigenvalue weighted by molar-refractivity contribution is 5.82. The van der Waals surface area contributed by atoms with E-state index in [0.29, 0.717) is 0 Å². The topological polar surface area (TPSA) is 26.3 Å². The first kappa shape index (κ1) is 12.1. The minimum absolute atomic E-state index is 0.317. The van der Waals surface area contributed by atoms with E-state index >= 15 is 0 Å². The van der Waals surface area contributed by atoms with Crippen molar-refractivity contribution < 1.29 is 9.53 Å². The zero-order chi connectivity index (χ0) is 12.8. The maximum Gasteiger partial charge on any atom is 0.322 e. The summed E-state index contributed by atoms with van der Waals surface area (Å²) in [5.74, 6) is -0.729. The summed E-state index contributed by atoms with van der Waals surface area (Å²) in [6.45, 7) is 3.43. The van der Waals surface area contributed by atoms with E-state index in [1.807, 2.05) is 60.7 Å². The summed E-state index contributed by atoms with van der Waals surface area (Å²) in [4.78, 5) is 12.1. The molecule has 0 aromatic heterocycles. The van der Waals surface area contributed by atoms with Crippen LogP contribution in [0.15, 0.2) is 73.5 Å². The van der Waals surface area contributed by atoms with Crippen LogP contribution >= 0.6 is 0 Å². The highest BCUT2D eigenvalue weighted by atomic mass is 16.5. The third kappa shape index (κ3) is 2.66. The second kappa shape index (κ2) is 5.82. The molecule has 0 aliphatic carbocycles. The van der Waals surface area contributed by atoms with Crippen LogP contribution in [0.4, 0.5) is 0 Å². The van der Waals surface area contributed by atoms with Gasteiger partial charge in [0, 0.05) is 0 Å². The first-order valence-electron chi connectivity index (χ1n) is 5.74. The molecule has 2 rings (SSSR count). The molecule has 0 radical (unpaired) electrons. The van der Waals surface area contributed by atoms with Gasteiger partial charge >= 0.3 is 5.97 Å². The second-order valence-corrected chi connectivity index (χ2v) is 3.86. The van der Waals surface area contributed by atoms with Crippen LogP contribution in [0.2, 0.25) is 0 Å². The molecule has 2 aromatic carbocycles. The summed E-state index contributed by atoms with van der Waals surface area (Å²) >= 11 is 0. The van der Waals surface area contributed by atoms with Gasteiger partial charge in [-0.3, -0.25) is 4.79 Å². The Bertz CT molecular complexity index is 478. The van der Waals surface area contributed by atoms with Crippen LogP contribution in [0.1, 0.15) is 17.0 Å². The zero-order valence-corrected chi connectivity index (χ0v) is 9.95. The number of hydrogen-bond donors (Lipinski definition) is 0. The molecule has 0 N–H and O–H groups in total. The Hall–Kier alpha value is -2.35. The summed E-state index contributed by atoms with van der Waals surface area (Å²) in [5, 5.41) is 0. The maximum absolute atomic E-state index is 12.1. The Balaban J connectivity index is 2.41. The van der Waals surface area contributed by atoms with E-state index in [9.17, 15) is 4.79 Å². The molecule has 0 spiro atoms. The SMILES string of the molecule is C=COC(=O)C(c1ccccc1)c1ccccc1. The number of rotatable bonds is 4. The first-order chi connectivity index (χ1) is 8.83. The molecule has 0 unspecified atom stereocenters. The third-order valence-corrected chi connectivity index (χ3v) is 2.70. The third-order valence-electron chi connectivity index (χ3n) is 2.70. The molecule has 2 nitrogen and oxygen atoms in total. The Kier molecular flexibility index (Phi) is 3.92. The van der Waals surface area contributed by atoms with Gasteiger partial charge in [0.2, 0.25) is 0 Å². The fraction of sp³-hybridized carbons (Fsp3) is 0.0625.